The maximum absolute atomic E-state index is 15.6. The minimum atomic E-state index is -0.458. The van der Waals surface area contributed by atoms with Crippen molar-refractivity contribution in [3.8, 4) is 22.6 Å². The summed E-state index contributed by atoms with van der Waals surface area (Å²) in [5, 5.41) is 102. The summed E-state index contributed by atoms with van der Waals surface area (Å²) in [5.41, 5.74) is 10.8. The molecule has 0 aromatic heterocycles. The van der Waals surface area contributed by atoms with Crippen LogP contribution in [0.4, 0.5) is 0 Å². The molecular weight excluding hydrogens is 1490 g/mol. The second kappa shape index (κ2) is 18.7. The molecule has 0 unspecified atom stereocenters. The van der Waals surface area contributed by atoms with Crippen molar-refractivity contribution in [2.24, 2.45) is 0 Å². The van der Waals surface area contributed by atoms with E-state index in [1.807, 2.05) is 0 Å². The zero-order valence-electron chi connectivity index (χ0n) is 68.3. The van der Waals surface area contributed by atoms with Gasteiger partial charge in [-0.2, -0.15) is 0 Å². The molecule has 0 amide bonds. The molecular formula is C117H76O5. The summed E-state index contributed by atoms with van der Waals surface area (Å²) in [6.07, 6.45) is 27.2. The molecule has 2 spiro atoms. The maximum atomic E-state index is 15.6. The van der Waals surface area contributed by atoms with Crippen LogP contribution in [-0.2, 0) is 39.0 Å². The first-order valence-corrected chi connectivity index (χ1v) is 47.5. The van der Waals surface area contributed by atoms with Crippen LogP contribution in [0, 0.1) is 0 Å². The zero-order valence-corrected chi connectivity index (χ0v) is 68.3. The van der Waals surface area contributed by atoms with Crippen LogP contribution in [0.2, 0.25) is 0 Å². The van der Waals surface area contributed by atoms with Crippen molar-refractivity contribution in [3.63, 3.8) is 0 Å². The van der Waals surface area contributed by atoms with Gasteiger partial charge in [-0.3, -0.25) is 4.79 Å². The molecule has 38 rings (SSSR count). The van der Waals surface area contributed by atoms with Crippen LogP contribution < -0.4 is 9.47 Å². The molecule has 0 bridgehead atoms. The second-order valence-corrected chi connectivity index (χ2v) is 41.2. The lowest BCUT2D eigenvalue weighted by Gasteiger charge is -2.32. The summed E-state index contributed by atoms with van der Waals surface area (Å²) in [5.74, 6) is 1.59. The van der Waals surface area contributed by atoms with E-state index >= 15 is 4.79 Å². The van der Waals surface area contributed by atoms with E-state index in [1.54, 1.807) is 313 Å². The molecule has 1 saturated carbocycles. The molecule has 33 aromatic rings. The van der Waals surface area contributed by atoms with Gasteiger partial charge in [0.1, 0.15) is 18.1 Å². The first kappa shape index (κ1) is 61.4. The van der Waals surface area contributed by atoms with Gasteiger partial charge in [0, 0.05) is 33.8 Å². The van der Waals surface area contributed by atoms with E-state index in [1.165, 1.54) is 108 Å². The fourth-order valence-electron chi connectivity index (χ4n) is 34.3. The average molecular weight is 1560 g/mol. The topological polar surface area (TPSA) is 65.0 Å². The van der Waals surface area contributed by atoms with Gasteiger partial charge >= 0.3 is 5.97 Å². The Labute approximate surface area is 694 Å². The molecule has 33 aromatic carbocycles. The van der Waals surface area contributed by atoms with Gasteiger partial charge in [-0.05, 0) is 401 Å². The lowest BCUT2D eigenvalue weighted by molar-refractivity contribution is -0.145. The molecule has 0 aliphatic heterocycles. The smallest absolute Gasteiger partial charge is 0.306 e. The maximum Gasteiger partial charge on any atom is 0.306 e. The highest BCUT2D eigenvalue weighted by Crippen LogP contribution is 2.97. The van der Waals surface area contributed by atoms with Gasteiger partial charge in [-0.25, -0.2) is 0 Å². The molecule has 0 saturated heterocycles. The molecule has 0 atom stereocenters. The number of rotatable bonds is 33. The highest BCUT2D eigenvalue weighted by molar-refractivity contribution is 6.82. The van der Waals surface area contributed by atoms with E-state index < -0.39 is 16.2 Å². The monoisotopic (exact) mass is 1560 g/mol. The van der Waals surface area contributed by atoms with Gasteiger partial charge in [-0.1, -0.05) is 196 Å². The van der Waals surface area contributed by atoms with E-state index in [0.29, 0.717) is 26.1 Å². The fraction of sp³-hybridized carbons (Fsp3) is 0.274. The lowest BCUT2D eigenvalue weighted by Crippen LogP contribution is -2.27. The van der Waals surface area contributed by atoms with Gasteiger partial charge < -0.3 is 19.3 Å². The van der Waals surface area contributed by atoms with Crippen molar-refractivity contribution in [2.45, 2.75) is 191 Å². The Morgan fingerprint density at radius 1 is 0.287 bits per heavy atom. The second-order valence-electron chi connectivity index (χ2n) is 41.2. The minimum Gasteiger partial charge on any atom is -0.493 e. The number of aliphatic hydroxyl groups excluding tert-OH is 1. The number of hydrogen-bond acceptors (Lipinski definition) is 5. The van der Waals surface area contributed by atoms with E-state index in [0.717, 1.165) is 87.4 Å². The quantitative estimate of drug-likeness (QED) is 0.0252. The molecule has 574 valence electrons. The number of aliphatic hydroxyl groups is 1. The van der Waals surface area contributed by atoms with Crippen molar-refractivity contribution < 1.29 is 24.1 Å². The van der Waals surface area contributed by atoms with Crippen LogP contribution in [0.1, 0.15) is 200 Å². The number of carbonyl (C=O) groups is 1. The van der Waals surface area contributed by atoms with Crippen molar-refractivity contribution in [1.82, 2.24) is 0 Å². The Morgan fingerprint density at radius 3 is 0.852 bits per heavy atom. The Hall–Kier alpha value is -11.9. The average Bonchev–Trinajstić information content (AvgIpc) is 1.35. The fourth-order valence-corrected chi connectivity index (χ4v) is 34.3. The zero-order chi connectivity index (χ0) is 77.7. The molecule has 5 aliphatic carbocycles. The van der Waals surface area contributed by atoms with Crippen molar-refractivity contribution in [2.75, 3.05) is 13.2 Å². The molecule has 5 nitrogen and oxygen atoms in total. The van der Waals surface area contributed by atoms with Crippen LogP contribution >= 0.6 is 0 Å². The third kappa shape index (κ3) is 5.23. The SMILES string of the molecule is CCCCCCCCCCCCOc1ccc2cc(CO)ccc2c1-c1c(OCCCCCCCCCCCC)ccc2cc(COC(=O)CCCC3(c4ccccc4)C45c6c7c8c9c%10c%11c(c%12c%13c4c4c6c6c%14c7c7c8c8c%10c%10c%15c%11c%11c%12c%12c%13c%13c4c4c6c6c%14c%14c7c7c8c%10c8c%10c%15c%11c%11c%12c%12c%13c4c4c6c6c%14c7c8c7c%10c%11c%12c4c67)C935)ccc12. The number of fused-ring (bicyclic) bond motifs is 2. The van der Waals surface area contributed by atoms with Crippen molar-refractivity contribution >= 4 is 318 Å². The molecule has 0 radical (unpaired) electrons. The van der Waals surface area contributed by atoms with Gasteiger partial charge in [0.05, 0.1) is 19.8 Å². The molecule has 5 heteroatoms. The van der Waals surface area contributed by atoms with Crippen LogP contribution in [0.25, 0.3) is 324 Å². The molecule has 1 fully saturated rings. The van der Waals surface area contributed by atoms with Crippen LogP contribution in [0.3, 0.4) is 0 Å². The highest BCUT2D eigenvalue weighted by Gasteiger charge is 2.94. The van der Waals surface area contributed by atoms with E-state index in [4.69, 9.17) is 14.2 Å². The molecule has 122 heavy (non-hydrogen) atoms. The third-order valence-corrected chi connectivity index (χ3v) is 37.2. The number of esters is 1. The third-order valence-electron chi connectivity index (χ3n) is 37.2. The van der Waals surface area contributed by atoms with Gasteiger partial charge in [0.2, 0.25) is 0 Å². The summed E-state index contributed by atoms with van der Waals surface area (Å²) >= 11 is 0. The minimum absolute atomic E-state index is 0.0250. The first-order chi connectivity index (χ1) is 60.6. The number of unbranched alkanes of at least 4 members (excludes halogenated alkanes) is 18. The largest absolute Gasteiger partial charge is 0.493 e. The van der Waals surface area contributed by atoms with E-state index in [2.05, 4.69) is 105 Å². The van der Waals surface area contributed by atoms with Crippen molar-refractivity contribution in [1.29, 1.82) is 0 Å². The molecule has 0 heterocycles. The van der Waals surface area contributed by atoms with Gasteiger partial charge in [0.15, 0.2) is 0 Å². The Morgan fingerprint density at radius 2 is 0.557 bits per heavy atom. The van der Waals surface area contributed by atoms with Crippen LogP contribution in [0.5, 0.6) is 11.5 Å². The summed E-state index contributed by atoms with van der Waals surface area (Å²) in [6, 6.07) is 34.1. The standard InChI is InChI=1S/C117H76O5/c1-3-5-7-9-11-13-15-17-19-24-39-120-52-36-32-47-41-45(43-118)30-34-50(47)55(52)56-51-35-31-46(42-48(51)33-37-53(56)121-40-25-20-18-16-14-12-10-8-6-4-2)44-122-54(119)29-26-38-115(49-27-22-21-23-28-49)116-111-103-95-85-75-67-59-57-58-61-65-63(59)71-79-73(65)83-77-69(61)70-62(58)66-64-60(57)68(67)76-82-72(64)80-74(66)84-78(70)88-87(77)97-91(83)101-93(79)99(89(95)81(71)75)107(111)109(101)113-105(97)106-98(88)92(84)102-94(80)100-90(82)96(86(76)85)104(103)112(116)108(100)110(102)114(106)117(113,115)116/h21-23,27-28,30-37,41-42,118H,3-20,24-26,29,38-40,43-44H2,1-2H3. The molecule has 1 N–H and O–H groups in total. The normalized spacial score (nSPS) is 19.0. The summed E-state index contributed by atoms with van der Waals surface area (Å²) < 4.78 is 20.9. The van der Waals surface area contributed by atoms with E-state index in [-0.39, 0.29) is 19.2 Å². The Balaban J connectivity index is 0.518. The van der Waals surface area contributed by atoms with Crippen LogP contribution in [0.15, 0.2) is 91.0 Å². The Kier molecular flexibility index (Phi) is 9.41. The van der Waals surface area contributed by atoms with Crippen LogP contribution in [-0.4, -0.2) is 24.3 Å². The predicted octanol–water partition coefficient (Wildman–Crippen LogP) is 32.2. The summed E-state index contributed by atoms with van der Waals surface area (Å²) in [4.78, 5) is 15.6. The van der Waals surface area contributed by atoms with E-state index in [9.17, 15) is 5.11 Å². The number of hydrogen-bond donors (Lipinski definition) is 1. The highest BCUT2D eigenvalue weighted by atomic mass is 16.5. The van der Waals surface area contributed by atoms with Crippen molar-refractivity contribution in [3.05, 3.63) is 130 Å². The number of carbonyl (C=O) groups excluding carboxylic acids is 1. The summed E-state index contributed by atoms with van der Waals surface area (Å²) in [6.45, 7) is 6.03. The first-order valence-electron chi connectivity index (χ1n) is 47.5. The summed E-state index contributed by atoms with van der Waals surface area (Å²) in [7, 11) is 0. The number of benzene rings is 23. The van der Waals surface area contributed by atoms with Gasteiger partial charge in [-0.15, -0.1) is 0 Å². The molecule has 5 aliphatic rings. The number of ether oxygens (including phenoxy) is 3. The predicted molar refractivity (Wildman–Crippen MR) is 513 cm³/mol. The van der Waals surface area contributed by atoms with Gasteiger partial charge in [0.25, 0.3) is 0 Å². The Bertz CT molecular complexity index is 9320. The lowest BCUT2D eigenvalue weighted by atomic mass is 9.68.